The SMILES string of the molecule is O=C(O)Cc1ccc(NC(=S)Nc2cc(Cl)ccc2Cl)cc1. The number of thiocarbonyl (C=S) groups is 1. The zero-order valence-electron chi connectivity index (χ0n) is 11.3. The summed E-state index contributed by atoms with van der Waals surface area (Å²) in [6, 6.07) is 12.0. The highest BCUT2D eigenvalue weighted by molar-refractivity contribution is 7.80. The average molecular weight is 355 g/mol. The average Bonchev–Trinajstić information content (AvgIpc) is 2.44. The zero-order chi connectivity index (χ0) is 16.1. The molecule has 0 saturated heterocycles. The van der Waals surface area contributed by atoms with Crippen molar-refractivity contribution in [3.63, 3.8) is 0 Å². The Kier molecular flexibility index (Phi) is 5.60. The van der Waals surface area contributed by atoms with Crippen LogP contribution in [0.2, 0.25) is 10.0 Å². The first-order valence-electron chi connectivity index (χ1n) is 6.28. The van der Waals surface area contributed by atoms with Gasteiger partial charge in [-0.2, -0.15) is 0 Å². The number of rotatable bonds is 4. The van der Waals surface area contributed by atoms with Crippen LogP contribution in [0.25, 0.3) is 0 Å². The minimum Gasteiger partial charge on any atom is -0.481 e. The molecule has 0 aliphatic heterocycles. The summed E-state index contributed by atoms with van der Waals surface area (Å²) in [6.45, 7) is 0. The Morgan fingerprint density at radius 2 is 1.77 bits per heavy atom. The topological polar surface area (TPSA) is 61.4 Å². The molecule has 2 aromatic rings. The standard InChI is InChI=1S/C15H12Cl2N2O2S/c16-10-3-6-12(17)13(8-10)19-15(22)18-11-4-1-9(2-5-11)7-14(20)21/h1-6,8H,7H2,(H,20,21)(H2,18,19,22). The van der Waals surface area contributed by atoms with Gasteiger partial charge in [-0.1, -0.05) is 35.3 Å². The summed E-state index contributed by atoms with van der Waals surface area (Å²) >= 11 is 17.2. The van der Waals surface area contributed by atoms with Crippen molar-refractivity contribution in [2.45, 2.75) is 6.42 Å². The summed E-state index contributed by atoms with van der Waals surface area (Å²) in [4.78, 5) is 10.6. The summed E-state index contributed by atoms with van der Waals surface area (Å²) in [6.07, 6.45) is -0.0128. The van der Waals surface area contributed by atoms with Crippen molar-refractivity contribution in [1.82, 2.24) is 0 Å². The number of halogens is 2. The molecule has 2 aromatic carbocycles. The van der Waals surface area contributed by atoms with E-state index in [4.69, 9.17) is 40.5 Å². The summed E-state index contributed by atoms with van der Waals surface area (Å²) in [5.41, 5.74) is 2.06. The van der Waals surface area contributed by atoms with Gasteiger partial charge in [0.15, 0.2) is 5.11 Å². The molecule has 0 amide bonds. The highest BCUT2D eigenvalue weighted by atomic mass is 35.5. The summed E-state index contributed by atoms with van der Waals surface area (Å²) < 4.78 is 0. The number of hydrogen-bond acceptors (Lipinski definition) is 2. The van der Waals surface area contributed by atoms with Crippen LogP contribution in [0.1, 0.15) is 5.56 Å². The number of anilines is 2. The van der Waals surface area contributed by atoms with Crippen LogP contribution in [-0.4, -0.2) is 16.2 Å². The fourth-order valence-corrected chi connectivity index (χ4v) is 2.32. The molecule has 0 fully saturated rings. The fourth-order valence-electron chi connectivity index (χ4n) is 1.76. The molecule has 114 valence electrons. The molecule has 4 nitrogen and oxygen atoms in total. The third-order valence-corrected chi connectivity index (χ3v) is 3.51. The Morgan fingerprint density at radius 3 is 2.41 bits per heavy atom. The van der Waals surface area contributed by atoms with Gasteiger partial charge in [0.2, 0.25) is 0 Å². The van der Waals surface area contributed by atoms with Crippen LogP contribution in [0.4, 0.5) is 11.4 Å². The quantitative estimate of drug-likeness (QED) is 0.709. The van der Waals surface area contributed by atoms with Gasteiger partial charge in [0, 0.05) is 10.7 Å². The molecule has 0 radical (unpaired) electrons. The van der Waals surface area contributed by atoms with Crippen molar-refractivity contribution in [2.75, 3.05) is 10.6 Å². The minimum atomic E-state index is -0.867. The molecule has 0 aromatic heterocycles. The van der Waals surface area contributed by atoms with E-state index in [-0.39, 0.29) is 6.42 Å². The van der Waals surface area contributed by atoms with E-state index in [1.54, 1.807) is 42.5 Å². The molecule has 0 unspecified atom stereocenters. The lowest BCUT2D eigenvalue weighted by atomic mass is 10.1. The van der Waals surface area contributed by atoms with Gasteiger partial charge in [-0.3, -0.25) is 4.79 Å². The van der Waals surface area contributed by atoms with E-state index in [1.807, 2.05) is 0 Å². The summed E-state index contributed by atoms with van der Waals surface area (Å²) in [7, 11) is 0. The predicted molar refractivity (Wildman–Crippen MR) is 94.1 cm³/mol. The van der Waals surface area contributed by atoms with Gasteiger partial charge < -0.3 is 15.7 Å². The smallest absolute Gasteiger partial charge is 0.307 e. The second-order valence-corrected chi connectivity index (χ2v) is 5.72. The van der Waals surface area contributed by atoms with Crippen molar-refractivity contribution < 1.29 is 9.90 Å². The summed E-state index contributed by atoms with van der Waals surface area (Å²) in [5, 5.41) is 16.1. The Balaban J connectivity index is 1.99. The molecule has 0 aliphatic carbocycles. The molecule has 0 bridgehead atoms. The number of hydrogen-bond donors (Lipinski definition) is 3. The lowest BCUT2D eigenvalue weighted by molar-refractivity contribution is -0.136. The largest absolute Gasteiger partial charge is 0.481 e. The molecule has 0 spiro atoms. The van der Waals surface area contributed by atoms with Crippen LogP contribution >= 0.6 is 35.4 Å². The van der Waals surface area contributed by atoms with Gasteiger partial charge >= 0.3 is 5.97 Å². The third kappa shape index (κ3) is 4.87. The molecule has 0 aliphatic rings. The molecule has 0 heterocycles. The predicted octanol–water partition coefficient (Wildman–Crippen LogP) is 4.43. The minimum absolute atomic E-state index is 0.0128. The molecule has 3 N–H and O–H groups in total. The maximum atomic E-state index is 10.6. The first-order chi connectivity index (χ1) is 10.4. The van der Waals surface area contributed by atoms with Crippen LogP contribution in [0, 0.1) is 0 Å². The van der Waals surface area contributed by atoms with Crippen molar-refractivity contribution in [3.8, 4) is 0 Å². The first kappa shape index (κ1) is 16.5. The Hall–Kier alpha value is -1.82. The van der Waals surface area contributed by atoms with Crippen LogP contribution in [0.5, 0.6) is 0 Å². The van der Waals surface area contributed by atoms with Crippen LogP contribution < -0.4 is 10.6 Å². The normalized spacial score (nSPS) is 10.1. The summed E-state index contributed by atoms with van der Waals surface area (Å²) in [5.74, 6) is -0.867. The van der Waals surface area contributed by atoms with Gasteiger partial charge in [0.25, 0.3) is 0 Å². The number of nitrogens with one attached hydrogen (secondary N) is 2. The lowest BCUT2D eigenvalue weighted by Crippen LogP contribution is -2.19. The number of carbonyl (C=O) groups is 1. The Morgan fingerprint density at radius 1 is 1.09 bits per heavy atom. The third-order valence-electron chi connectivity index (χ3n) is 2.74. The van der Waals surface area contributed by atoms with E-state index in [0.29, 0.717) is 20.8 Å². The van der Waals surface area contributed by atoms with Gasteiger partial charge in [0.1, 0.15) is 0 Å². The van der Waals surface area contributed by atoms with Crippen LogP contribution in [-0.2, 0) is 11.2 Å². The number of aliphatic carboxylic acids is 1. The van der Waals surface area contributed by atoms with Gasteiger partial charge in [-0.05, 0) is 48.1 Å². The Labute approximate surface area is 143 Å². The van der Waals surface area contributed by atoms with E-state index in [9.17, 15) is 4.79 Å². The van der Waals surface area contributed by atoms with Gasteiger partial charge in [0.05, 0.1) is 17.1 Å². The number of benzene rings is 2. The van der Waals surface area contributed by atoms with Crippen molar-refractivity contribution in [2.24, 2.45) is 0 Å². The molecule has 2 rings (SSSR count). The maximum Gasteiger partial charge on any atom is 0.307 e. The zero-order valence-corrected chi connectivity index (χ0v) is 13.6. The molecule has 0 saturated carbocycles. The highest BCUT2D eigenvalue weighted by Gasteiger charge is 2.05. The van der Waals surface area contributed by atoms with E-state index in [0.717, 1.165) is 11.3 Å². The molecule has 0 atom stereocenters. The van der Waals surface area contributed by atoms with Gasteiger partial charge in [-0.25, -0.2) is 0 Å². The van der Waals surface area contributed by atoms with Crippen molar-refractivity contribution in [1.29, 1.82) is 0 Å². The van der Waals surface area contributed by atoms with E-state index in [1.165, 1.54) is 0 Å². The molecule has 7 heteroatoms. The van der Waals surface area contributed by atoms with Crippen LogP contribution in [0.15, 0.2) is 42.5 Å². The monoisotopic (exact) mass is 354 g/mol. The lowest BCUT2D eigenvalue weighted by Gasteiger charge is -2.12. The van der Waals surface area contributed by atoms with Crippen LogP contribution in [0.3, 0.4) is 0 Å². The first-order valence-corrected chi connectivity index (χ1v) is 7.44. The molecular formula is C15H12Cl2N2O2S. The van der Waals surface area contributed by atoms with Gasteiger partial charge in [-0.15, -0.1) is 0 Å². The Bertz CT molecular complexity index is 705. The number of carboxylic acids is 1. The maximum absolute atomic E-state index is 10.6. The van der Waals surface area contributed by atoms with E-state index >= 15 is 0 Å². The highest BCUT2D eigenvalue weighted by Crippen LogP contribution is 2.25. The molecule has 22 heavy (non-hydrogen) atoms. The fraction of sp³-hybridized carbons (Fsp3) is 0.0667. The second kappa shape index (κ2) is 7.45. The van der Waals surface area contributed by atoms with Crippen molar-refractivity contribution >= 4 is 57.9 Å². The van der Waals surface area contributed by atoms with E-state index in [2.05, 4.69) is 10.6 Å². The second-order valence-electron chi connectivity index (χ2n) is 4.47. The van der Waals surface area contributed by atoms with Crippen molar-refractivity contribution in [3.05, 3.63) is 58.1 Å². The van der Waals surface area contributed by atoms with E-state index < -0.39 is 5.97 Å². The molecular weight excluding hydrogens is 343 g/mol. The number of carboxylic acid groups (broad SMARTS) is 1.